The number of hydrogen-bond donors (Lipinski definition) is 0. The Labute approximate surface area is 85.5 Å². The van der Waals surface area contributed by atoms with Crippen LogP contribution in [0, 0.1) is 0 Å². The van der Waals surface area contributed by atoms with Crippen molar-refractivity contribution in [2.75, 3.05) is 27.2 Å². The van der Waals surface area contributed by atoms with E-state index in [-0.39, 0.29) is 0 Å². The minimum Gasteiger partial charge on any atom is -0.489 e. The molecule has 0 aromatic carbocycles. The fraction of sp³-hybridized carbons (Fsp3) is 0.700. The Morgan fingerprint density at radius 2 is 2.29 bits per heavy atom. The van der Waals surface area contributed by atoms with E-state index in [2.05, 4.69) is 16.9 Å². The Kier molecular flexibility index (Phi) is 4.46. The third-order valence-corrected chi connectivity index (χ3v) is 1.87. The SMILES string of the molecule is CCCn1cc(OCCN(C)C)cn1. The molecule has 14 heavy (non-hydrogen) atoms. The Hall–Kier alpha value is -1.03. The van der Waals surface area contributed by atoms with Gasteiger partial charge in [-0.1, -0.05) is 6.92 Å². The lowest BCUT2D eigenvalue weighted by molar-refractivity contribution is 0.261. The van der Waals surface area contributed by atoms with Crippen LogP contribution in [0.5, 0.6) is 5.75 Å². The van der Waals surface area contributed by atoms with Crippen molar-refractivity contribution in [1.29, 1.82) is 0 Å². The predicted molar refractivity (Wildman–Crippen MR) is 56.6 cm³/mol. The average Bonchev–Trinajstić information content (AvgIpc) is 2.53. The molecule has 1 aromatic heterocycles. The molecule has 0 fully saturated rings. The van der Waals surface area contributed by atoms with Crippen LogP contribution in [0.4, 0.5) is 0 Å². The maximum Gasteiger partial charge on any atom is 0.157 e. The Morgan fingerprint density at radius 1 is 1.50 bits per heavy atom. The molecule has 4 nitrogen and oxygen atoms in total. The highest BCUT2D eigenvalue weighted by Crippen LogP contribution is 2.08. The van der Waals surface area contributed by atoms with Gasteiger partial charge >= 0.3 is 0 Å². The van der Waals surface area contributed by atoms with Gasteiger partial charge in [-0.15, -0.1) is 0 Å². The van der Waals surface area contributed by atoms with Gasteiger partial charge in [0, 0.05) is 13.1 Å². The molecule has 0 saturated carbocycles. The van der Waals surface area contributed by atoms with Crippen LogP contribution in [-0.4, -0.2) is 41.9 Å². The standard InChI is InChI=1S/C10H19N3O/c1-4-5-13-9-10(8-11-13)14-7-6-12(2)3/h8-9H,4-7H2,1-3H3. The zero-order valence-corrected chi connectivity index (χ0v) is 9.23. The Bertz CT molecular complexity index is 258. The molecule has 0 atom stereocenters. The van der Waals surface area contributed by atoms with E-state index in [0.717, 1.165) is 25.3 Å². The summed E-state index contributed by atoms with van der Waals surface area (Å²) >= 11 is 0. The Balaban J connectivity index is 2.28. The van der Waals surface area contributed by atoms with Crippen LogP contribution < -0.4 is 4.74 Å². The summed E-state index contributed by atoms with van der Waals surface area (Å²) in [4.78, 5) is 2.09. The highest BCUT2D eigenvalue weighted by atomic mass is 16.5. The lowest BCUT2D eigenvalue weighted by Gasteiger charge is -2.09. The minimum atomic E-state index is 0.713. The maximum atomic E-state index is 5.52. The van der Waals surface area contributed by atoms with Gasteiger partial charge in [0.1, 0.15) is 6.61 Å². The lowest BCUT2D eigenvalue weighted by Crippen LogP contribution is -2.19. The minimum absolute atomic E-state index is 0.713. The van der Waals surface area contributed by atoms with E-state index in [9.17, 15) is 0 Å². The normalized spacial score (nSPS) is 10.9. The van der Waals surface area contributed by atoms with E-state index in [0.29, 0.717) is 6.61 Å². The zero-order valence-electron chi connectivity index (χ0n) is 9.23. The predicted octanol–water partition coefficient (Wildman–Crippen LogP) is 1.23. The van der Waals surface area contributed by atoms with Gasteiger partial charge in [0.15, 0.2) is 5.75 Å². The summed E-state index contributed by atoms with van der Waals surface area (Å²) in [5.74, 6) is 0.861. The van der Waals surface area contributed by atoms with Gasteiger partial charge in [-0.2, -0.15) is 5.10 Å². The first-order chi connectivity index (χ1) is 6.72. The monoisotopic (exact) mass is 197 g/mol. The molecular formula is C10H19N3O. The van der Waals surface area contributed by atoms with Crippen molar-refractivity contribution in [3.63, 3.8) is 0 Å². The molecule has 1 aromatic rings. The van der Waals surface area contributed by atoms with Gasteiger partial charge in [0.2, 0.25) is 0 Å². The largest absolute Gasteiger partial charge is 0.489 e. The quantitative estimate of drug-likeness (QED) is 0.687. The smallest absolute Gasteiger partial charge is 0.157 e. The molecule has 4 heteroatoms. The summed E-state index contributed by atoms with van der Waals surface area (Å²) in [7, 11) is 4.06. The second kappa shape index (κ2) is 5.65. The van der Waals surface area contributed by atoms with Gasteiger partial charge in [-0.25, -0.2) is 0 Å². The van der Waals surface area contributed by atoms with Crippen molar-refractivity contribution >= 4 is 0 Å². The number of likely N-dealkylation sites (N-methyl/N-ethyl adjacent to an activating group) is 1. The molecule has 0 spiro atoms. The highest BCUT2D eigenvalue weighted by molar-refractivity contribution is 5.11. The third kappa shape index (κ3) is 3.79. The molecule has 0 N–H and O–H groups in total. The molecular weight excluding hydrogens is 178 g/mol. The maximum absolute atomic E-state index is 5.52. The van der Waals surface area contributed by atoms with Crippen molar-refractivity contribution < 1.29 is 4.74 Å². The number of aromatic nitrogens is 2. The second-order valence-corrected chi connectivity index (χ2v) is 3.59. The van der Waals surface area contributed by atoms with Crippen molar-refractivity contribution in [1.82, 2.24) is 14.7 Å². The van der Waals surface area contributed by atoms with Crippen molar-refractivity contribution in [3.8, 4) is 5.75 Å². The zero-order chi connectivity index (χ0) is 10.4. The van der Waals surface area contributed by atoms with Crippen LogP contribution >= 0.6 is 0 Å². The van der Waals surface area contributed by atoms with Gasteiger partial charge in [0.05, 0.1) is 12.4 Å². The fourth-order valence-corrected chi connectivity index (χ4v) is 1.12. The van der Waals surface area contributed by atoms with Crippen molar-refractivity contribution in [3.05, 3.63) is 12.4 Å². The number of nitrogens with zero attached hydrogens (tertiary/aromatic N) is 3. The van der Waals surface area contributed by atoms with Crippen LogP contribution in [0.15, 0.2) is 12.4 Å². The first-order valence-electron chi connectivity index (χ1n) is 5.02. The molecule has 0 aliphatic rings. The molecule has 0 amide bonds. The van der Waals surface area contributed by atoms with E-state index in [1.54, 1.807) is 6.20 Å². The molecule has 0 radical (unpaired) electrons. The highest BCUT2D eigenvalue weighted by Gasteiger charge is 1.98. The topological polar surface area (TPSA) is 30.3 Å². The summed E-state index contributed by atoms with van der Waals surface area (Å²) in [5.41, 5.74) is 0. The molecule has 0 bridgehead atoms. The van der Waals surface area contributed by atoms with Crippen molar-refractivity contribution in [2.24, 2.45) is 0 Å². The van der Waals surface area contributed by atoms with E-state index >= 15 is 0 Å². The van der Waals surface area contributed by atoms with Crippen LogP contribution in [0.2, 0.25) is 0 Å². The van der Waals surface area contributed by atoms with Crippen LogP contribution in [-0.2, 0) is 6.54 Å². The summed E-state index contributed by atoms with van der Waals surface area (Å²) in [6.45, 7) is 4.73. The molecule has 80 valence electrons. The Morgan fingerprint density at radius 3 is 2.93 bits per heavy atom. The molecule has 0 aliphatic carbocycles. The molecule has 1 heterocycles. The number of rotatable bonds is 6. The van der Waals surface area contributed by atoms with Gasteiger partial charge in [0.25, 0.3) is 0 Å². The first kappa shape index (κ1) is 11.0. The summed E-state index contributed by atoms with van der Waals surface area (Å²) in [6, 6.07) is 0. The van der Waals surface area contributed by atoms with Crippen LogP contribution in [0.1, 0.15) is 13.3 Å². The van der Waals surface area contributed by atoms with Crippen molar-refractivity contribution in [2.45, 2.75) is 19.9 Å². The third-order valence-electron chi connectivity index (χ3n) is 1.87. The summed E-state index contributed by atoms with van der Waals surface area (Å²) in [5, 5.41) is 4.18. The van der Waals surface area contributed by atoms with Gasteiger partial charge in [-0.05, 0) is 20.5 Å². The molecule has 0 aliphatic heterocycles. The van der Waals surface area contributed by atoms with Crippen LogP contribution in [0.25, 0.3) is 0 Å². The van der Waals surface area contributed by atoms with E-state index in [4.69, 9.17) is 4.74 Å². The van der Waals surface area contributed by atoms with Gasteiger partial charge < -0.3 is 9.64 Å². The van der Waals surface area contributed by atoms with Crippen LogP contribution in [0.3, 0.4) is 0 Å². The number of hydrogen-bond acceptors (Lipinski definition) is 3. The average molecular weight is 197 g/mol. The summed E-state index contributed by atoms with van der Waals surface area (Å²) in [6.07, 6.45) is 4.81. The lowest BCUT2D eigenvalue weighted by atomic mass is 10.5. The first-order valence-corrected chi connectivity index (χ1v) is 5.02. The second-order valence-electron chi connectivity index (χ2n) is 3.59. The fourth-order valence-electron chi connectivity index (χ4n) is 1.12. The molecule has 0 saturated heterocycles. The van der Waals surface area contributed by atoms with E-state index < -0.39 is 0 Å². The molecule has 0 unspecified atom stereocenters. The van der Waals surface area contributed by atoms with Gasteiger partial charge in [-0.3, -0.25) is 4.68 Å². The van der Waals surface area contributed by atoms with E-state index in [1.807, 2.05) is 25.0 Å². The van der Waals surface area contributed by atoms with E-state index in [1.165, 1.54) is 0 Å². The number of aryl methyl sites for hydroxylation is 1. The summed E-state index contributed by atoms with van der Waals surface area (Å²) < 4.78 is 7.43. The molecule has 1 rings (SSSR count). The number of ether oxygens (including phenoxy) is 1.